The molecule has 0 bridgehead atoms. The van der Waals surface area contributed by atoms with Gasteiger partial charge in [0, 0.05) is 6.04 Å². The molecule has 1 fully saturated rings. The lowest BCUT2D eigenvalue weighted by Crippen LogP contribution is -2.49. The molecule has 0 aromatic heterocycles. The van der Waals surface area contributed by atoms with Crippen molar-refractivity contribution >= 4 is 12.0 Å². The first-order chi connectivity index (χ1) is 8.56. The lowest BCUT2D eigenvalue weighted by Gasteiger charge is -2.29. The first-order valence-electron chi connectivity index (χ1n) is 6.86. The van der Waals surface area contributed by atoms with Crippen molar-refractivity contribution < 1.29 is 14.7 Å². The molecule has 5 heteroatoms. The van der Waals surface area contributed by atoms with Crippen LogP contribution in [0.15, 0.2) is 0 Å². The molecule has 0 spiro atoms. The number of aliphatic carboxylic acids is 1. The number of carboxylic acid groups (broad SMARTS) is 1. The molecular formula is C13H24N2O3. The summed E-state index contributed by atoms with van der Waals surface area (Å²) in [7, 11) is 0. The Bertz CT molecular complexity index is 294. The van der Waals surface area contributed by atoms with Gasteiger partial charge in [-0.2, -0.15) is 0 Å². The number of amides is 2. The van der Waals surface area contributed by atoms with E-state index in [1.54, 1.807) is 6.92 Å². The molecule has 0 aromatic carbocycles. The van der Waals surface area contributed by atoms with Crippen LogP contribution >= 0.6 is 0 Å². The number of carbonyl (C=O) groups excluding carboxylic acids is 1. The van der Waals surface area contributed by atoms with Crippen LogP contribution in [0.2, 0.25) is 0 Å². The third kappa shape index (κ3) is 4.55. The van der Waals surface area contributed by atoms with Crippen LogP contribution in [0.4, 0.5) is 4.79 Å². The second-order valence-electron chi connectivity index (χ2n) is 5.05. The summed E-state index contributed by atoms with van der Waals surface area (Å²) in [6, 6.07) is -0.962. The third-order valence-corrected chi connectivity index (χ3v) is 3.71. The summed E-state index contributed by atoms with van der Waals surface area (Å²) in [6.45, 7) is 3.91. The van der Waals surface area contributed by atoms with E-state index in [4.69, 9.17) is 5.11 Å². The van der Waals surface area contributed by atoms with Gasteiger partial charge in [-0.15, -0.1) is 0 Å². The molecule has 0 aromatic rings. The summed E-state index contributed by atoms with van der Waals surface area (Å²) in [5, 5.41) is 14.3. The molecule has 3 N–H and O–H groups in total. The fraction of sp³-hybridized carbons (Fsp3) is 0.846. The zero-order valence-electron chi connectivity index (χ0n) is 11.2. The summed E-state index contributed by atoms with van der Waals surface area (Å²) in [6.07, 6.45) is 5.92. The van der Waals surface area contributed by atoms with Crippen molar-refractivity contribution in [2.75, 3.05) is 0 Å². The van der Waals surface area contributed by atoms with Crippen molar-refractivity contribution in [3.63, 3.8) is 0 Å². The van der Waals surface area contributed by atoms with Crippen LogP contribution in [0.3, 0.4) is 0 Å². The number of hydrogen-bond donors (Lipinski definition) is 3. The Hall–Kier alpha value is -1.26. The van der Waals surface area contributed by atoms with Crippen LogP contribution in [0.25, 0.3) is 0 Å². The standard InChI is InChI=1S/C13H24N2O3/c1-3-9-6-5-7-10(8-9)14-13(18)15-11(4-2)12(16)17/h9-11H,3-8H2,1-2H3,(H,16,17)(H2,14,15,18)/t9?,10?,11-/m1/s1. The lowest BCUT2D eigenvalue weighted by molar-refractivity contribution is -0.139. The molecule has 0 radical (unpaired) electrons. The van der Waals surface area contributed by atoms with Gasteiger partial charge in [-0.1, -0.05) is 33.1 Å². The van der Waals surface area contributed by atoms with Gasteiger partial charge in [0.05, 0.1) is 0 Å². The number of rotatable bonds is 5. The predicted molar refractivity (Wildman–Crippen MR) is 69.4 cm³/mol. The van der Waals surface area contributed by atoms with Crippen molar-refractivity contribution in [1.82, 2.24) is 10.6 Å². The maximum atomic E-state index is 11.7. The zero-order valence-corrected chi connectivity index (χ0v) is 11.2. The Labute approximate surface area is 108 Å². The van der Waals surface area contributed by atoms with E-state index in [2.05, 4.69) is 17.6 Å². The van der Waals surface area contributed by atoms with E-state index < -0.39 is 12.0 Å². The molecule has 0 saturated heterocycles. The highest BCUT2D eigenvalue weighted by Crippen LogP contribution is 2.26. The minimum atomic E-state index is -0.984. The van der Waals surface area contributed by atoms with E-state index in [1.807, 2.05) is 0 Å². The SMILES string of the molecule is CCC1CCCC(NC(=O)N[C@H](CC)C(=O)O)C1. The molecule has 1 aliphatic rings. The van der Waals surface area contributed by atoms with Crippen LogP contribution in [0.5, 0.6) is 0 Å². The topological polar surface area (TPSA) is 78.4 Å². The van der Waals surface area contributed by atoms with Crippen molar-refractivity contribution in [1.29, 1.82) is 0 Å². The number of hydrogen-bond acceptors (Lipinski definition) is 2. The van der Waals surface area contributed by atoms with E-state index in [0.29, 0.717) is 12.3 Å². The molecule has 2 amide bonds. The molecule has 1 rings (SSSR count). The number of carboxylic acids is 1. The molecule has 5 nitrogen and oxygen atoms in total. The van der Waals surface area contributed by atoms with Gasteiger partial charge >= 0.3 is 12.0 Å². The van der Waals surface area contributed by atoms with E-state index >= 15 is 0 Å². The van der Waals surface area contributed by atoms with Crippen LogP contribution < -0.4 is 10.6 Å². The summed E-state index contributed by atoms with van der Waals surface area (Å²) in [5.41, 5.74) is 0. The average molecular weight is 256 g/mol. The predicted octanol–water partition coefficient (Wildman–Crippen LogP) is 2.12. The number of carbonyl (C=O) groups is 2. The quantitative estimate of drug-likeness (QED) is 0.705. The summed E-state index contributed by atoms with van der Waals surface area (Å²) < 4.78 is 0. The van der Waals surface area contributed by atoms with Gasteiger partial charge in [-0.3, -0.25) is 0 Å². The van der Waals surface area contributed by atoms with Crippen LogP contribution in [0, 0.1) is 5.92 Å². The first kappa shape index (κ1) is 14.8. The van der Waals surface area contributed by atoms with E-state index in [1.165, 1.54) is 6.42 Å². The Kier molecular flexibility index (Phi) is 5.95. The zero-order chi connectivity index (χ0) is 13.5. The molecule has 0 aliphatic heterocycles. The van der Waals surface area contributed by atoms with Crippen LogP contribution in [-0.2, 0) is 4.79 Å². The van der Waals surface area contributed by atoms with Gasteiger partial charge in [0.25, 0.3) is 0 Å². The smallest absolute Gasteiger partial charge is 0.326 e. The molecule has 1 aliphatic carbocycles. The minimum absolute atomic E-state index is 0.190. The lowest BCUT2D eigenvalue weighted by atomic mass is 9.84. The fourth-order valence-corrected chi connectivity index (χ4v) is 2.52. The van der Waals surface area contributed by atoms with Gasteiger partial charge in [-0.05, 0) is 25.2 Å². The van der Waals surface area contributed by atoms with Gasteiger partial charge in [0.15, 0.2) is 0 Å². The largest absolute Gasteiger partial charge is 0.480 e. The molecular weight excluding hydrogens is 232 g/mol. The molecule has 0 heterocycles. The molecule has 1 saturated carbocycles. The van der Waals surface area contributed by atoms with Gasteiger partial charge in [-0.25, -0.2) is 9.59 Å². The van der Waals surface area contributed by atoms with E-state index in [0.717, 1.165) is 25.7 Å². The Morgan fingerprint density at radius 3 is 2.61 bits per heavy atom. The minimum Gasteiger partial charge on any atom is -0.480 e. The summed E-state index contributed by atoms with van der Waals surface area (Å²) in [5.74, 6) is -0.298. The molecule has 104 valence electrons. The van der Waals surface area contributed by atoms with Gasteiger partial charge < -0.3 is 15.7 Å². The van der Waals surface area contributed by atoms with E-state index in [9.17, 15) is 9.59 Å². The first-order valence-corrected chi connectivity index (χ1v) is 6.86. The second kappa shape index (κ2) is 7.24. The van der Waals surface area contributed by atoms with E-state index in [-0.39, 0.29) is 12.1 Å². The Morgan fingerprint density at radius 1 is 1.33 bits per heavy atom. The molecule has 2 unspecified atom stereocenters. The summed E-state index contributed by atoms with van der Waals surface area (Å²) in [4.78, 5) is 22.5. The second-order valence-corrected chi connectivity index (χ2v) is 5.05. The highest BCUT2D eigenvalue weighted by molar-refractivity contribution is 5.82. The molecule has 3 atom stereocenters. The van der Waals surface area contributed by atoms with Crippen LogP contribution in [-0.4, -0.2) is 29.2 Å². The summed E-state index contributed by atoms with van der Waals surface area (Å²) >= 11 is 0. The van der Waals surface area contributed by atoms with Crippen molar-refractivity contribution in [3.8, 4) is 0 Å². The average Bonchev–Trinajstić information content (AvgIpc) is 2.35. The normalized spacial score (nSPS) is 25.2. The highest BCUT2D eigenvalue weighted by Gasteiger charge is 2.24. The van der Waals surface area contributed by atoms with Crippen LogP contribution in [0.1, 0.15) is 52.4 Å². The Balaban J connectivity index is 2.37. The Morgan fingerprint density at radius 2 is 2.06 bits per heavy atom. The highest BCUT2D eigenvalue weighted by atomic mass is 16.4. The van der Waals surface area contributed by atoms with Gasteiger partial charge in [0.2, 0.25) is 0 Å². The van der Waals surface area contributed by atoms with Crippen molar-refractivity contribution in [2.45, 2.75) is 64.5 Å². The van der Waals surface area contributed by atoms with Gasteiger partial charge in [0.1, 0.15) is 6.04 Å². The number of nitrogens with one attached hydrogen (secondary N) is 2. The molecule has 18 heavy (non-hydrogen) atoms. The van der Waals surface area contributed by atoms with Crippen molar-refractivity contribution in [3.05, 3.63) is 0 Å². The monoisotopic (exact) mass is 256 g/mol. The third-order valence-electron chi connectivity index (χ3n) is 3.71. The number of urea groups is 1. The van der Waals surface area contributed by atoms with Crippen molar-refractivity contribution in [2.24, 2.45) is 5.92 Å². The maximum absolute atomic E-state index is 11.7. The fourth-order valence-electron chi connectivity index (χ4n) is 2.52. The maximum Gasteiger partial charge on any atom is 0.326 e.